The van der Waals surface area contributed by atoms with Gasteiger partial charge < -0.3 is 10.8 Å². The number of amides is 2. The smallest absolute Gasteiger partial charge is 0.339 e. The highest BCUT2D eigenvalue weighted by atomic mass is 32.1. The Morgan fingerprint density at radius 2 is 2.18 bits per heavy atom. The molecular weight excluding hydrogens is 302 g/mol. The van der Waals surface area contributed by atoms with E-state index in [1.165, 1.54) is 11.3 Å². The summed E-state index contributed by atoms with van der Waals surface area (Å²) in [6, 6.07) is 7.18. The third kappa shape index (κ3) is 3.83. The molecule has 0 aliphatic heterocycles. The molecule has 6 nitrogen and oxygen atoms in total. The number of aliphatic hydroxyl groups excluding tert-OH is 1. The zero-order chi connectivity index (χ0) is 16.1. The van der Waals surface area contributed by atoms with Gasteiger partial charge in [-0.3, -0.25) is 10.2 Å². The van der Waals surface area contributed by atoms with Gasteiger partial charge in [-0.2, -0.15) is 5.06 Å². The lowest BCUT2D eigenvalue weighted by Crippen LogP contribution is -2.38. The van der Waals surface area contributed by atoms with Crippen LogP contribution in [0.5, 0.6) is 0 Å². The van der Waals surface area contributed by atoms with E-state index in [1.54, 1.807) is 43.5 Å². The van der Waals surface area contributed by atoms with Crippen molar-refractivity contribution >= 4 is 17.4 Å². The van der Waals surface area contributed by atoms with Crippen LogP contribution in [-0.2, 0) is 0 Å². The van der Waals surface area contributed by atoms with Gasteiger partial charge in [0.1, 0.15) is 12.1 Å². The number of carbonyl (C=O) groups is 1. The Balaban J connectivity index is 2.11. The van der Waals surface area contributed by atoms with Gasteiger partial charge in [0.25, 0.3) is 0 Å². The minimum absolute atomic E-state index is 0.365. The lowest BCUT2D eigenvalue weighted by molar-refractivity contribution is -0.0536. The van der Waals surface area contributed by atoms with E-state index >= 15 is 0 Å². The highest BCUT2D eigenvalue weighted by Crippen LogP contribution is 2.26. The van der Waals surface area contributed by atoms with Crippen LogP contribution in [0.25, 0.3) is 0 Å². The van der Waals surface area contributed by atoms with Crippen LogP contribution in [-0.4, -0.2) is 32.4 Å². The molecule has 0 aliphatic carbocycles. The highest BCUT2D eigenvalue weighted by Gasteiger charge is 2.14. The van der Waals surface area contributed by atoms with Crippen molar-refractivity contribution in [3.8, 4) is 11.8 Å². The molecule has 22 heavy (non-hydrogen) atoms. The predicted molar refractivity (Wildman–Crippen MR) is 82.2 cm³/mol. The average molecular weight is 317 g/mol. The number of hydrogen-bond donors (Lipinski definition) is 3. The van der Waals surface area contributed by atoms with Crippen LogP contribution < -0.4 is 5.73 Å². The first-order valence-electron chi connectivity index (χ1n) is 6.47. The van der Waals surface area contributed by atoms with E-state index < -0.39 is 18.2 Å². The zero-order valence-corrected chi connectivity index (χ0v) is 12.6. The fourth-order valence-corrected chi connectivity index (χ4v) is 2.55. The van der Waals surface area contributed by atoms with Gasteiger partial charge in [0, 0.05) is 11.1 Å². The lowest BCUT2D eigenvalue weighted by Gasteiger charge is -2.14. The van der Waals surface area contributed by atoms with Crippen molar-refractivity contribution in [1.82, 2.24) is 10.0 Å². The average Bonchev–Trinajstić information content (AvgIpc) is 3.00. The second-order valence-electron chi connectivity index (χ2n) is 4.49. The SMILES string of the molecule is C[C@H](C#Cc1ccc(C(O)c2ccccn2)s1)N(O)C(N)=O. The van der Waals surface area contributed by atoms with E-state index in [2.05, 4.69) is 16.8 Å². The van der Waals surface area contributed by atoms with Crippen molar-refractivity contribution in [1.29, 1.82) is 0 Å². The first-order valence-corrected chi connectivity index (χ1v) is 7.28. The predicted octanol–water partition coefficient (Wildman–Crippen LogP) is 1.73. The monoisotopic (exact) mass is 317 g/mol. The molecule has 0 aromatic carbocycles. The number of aromatic nitrogens is 1. The number of nitrogens with zero attached hydrogens (tertiary/aromatic N) is 2. The number of hydroxylamine groups is 2. The largest absolute Gasteiger partial charge is 0.381 e. The summed E-state index contributed by atoms with van der Waals surface area (Å²) >= 11 is 1.32. The molecule has 0 spiro atoms. The number of carbonyl (C=O) groups excluding carboxylic acids is 1. The summed E-state index contributed by atoms with van der Waals surface area (Å²) in [7, 11) is 0. The molecule has 0 bridgehead atoms. The minimum atomic E-state index is -0.959. The summed E-state index contributed by atoms with van der Waals surface area (Å²) in [6.07, 6.45) is 0.813. The fraction of sp³-hybridized carbons (Fsp3) is 0.200. The van der Waals surface area contributed by atoms with E-state index in [0.717, 1.165) is 0 Å². The molecule has 2 aromatic heterocycles. The van der Waals surface area contributed by atoms with Crippen molar-refractivity contribution < 1.29 is 15.1 Å². The van der Waals surface area contributed by atoms with Gasteiger partial charge >= 0.3 is 6.03 Å². The fourth-order valence-electron chi connectivity index (χ4n) is 1.68. The molecule has 2 heterocycles. The van der Waals surface area contributed by atoms with Gasteiger partial charge in [-0.25, -0.2) is 4.79 Å². The molecule has 0 fully saturated rings. The van der Waals surface area contributed by atoms with E-state index in [1.807, 2.05) is 0 Å². The Hall–Kier alpha value is -2.40. The van der Waals surface area contributed by atoms with Crippen molar-refractivity contribution in [3.63, 3.8) is 0 Å². The van der Waals surface area contributed by atoms with Crippen molar-refractivity contribution in [2.45, 2.75) is 19.1 Å². The van der Waals surface area contributed by atoms with Crippen LogP contribution in [0, 0.1) is 11.8 Å². The summed E-state index contributed by atoms with van der Waals surface area (Å²) in [5.41, 5.74) is 5.51. The second-order valence-corrected chi connectivity index (χ2v) is 5.60. The molecule has 0 saturated carbocycles. The molecule has 0 radical (unpaired) electrons. The number of pyridine rings is 1. The maximum atomic E-state index is 10.8. The Labute approximate surface area is 131 Å². The van der Waals surface area contributed by atoms with Crippen molar-refractivity contribution in [2.24, 2.45) is 5.73 Å². The van der Waals surface area contributed by atoms with E-state index in [0.29, 0.717) is 20.5 Å². The number of hydrogen-bond acceptors (Lipinski definition) is 5. The minimum Gasteiger partial charge on any atom is -0.381 e. The second kappa shape index (κ2) is 7.04. The summed E-state index contributed by atoms with van der Waals surface area (Å²) in [6.45, 7) is 1.55. The van der Waals surface area contributed by atoms with E-state index in [9.17, 15) is 15.1 Å². The Morgan fingerprint density at radius 3 is 2.82 bits per heavy atom. The van der Waals surface area contributed by atoms with Crippen LogP contribution in [0.2, 0.25) is 0 Å². The summed E-state index contributed by atoms with van der Waals surface area (Å²) < 4.78 is 0. The van der Waals surface area contributed by atoms with Crippen molar-refractivity contribution in [3.05, 3.63) is 52.0 Å². The molecule has 0 saturated heterocycles. The molecule has 2 amide bonds. The molecule has 7 heteroatoms. The number of thiophene rings is 1. The summed E-state index contributed by atoms with van der Waals surface area (Å²) in [5, 5.41) is 19.9. The molecule has 4 N–H and O–H groups in total. The van der Waals surface area contributed by atoms with E-state index in [-0.39, 0.29) is 0 Å². The molecule has 2 rings (SSSR count). The van der Waals surface area contributed by atoms with Gasteiger partial charge in [-0.1, -0.05) is 17.9 Å². The van der Waals surface area contributed by atoms with Crippen LogP contribution in [0.1, 0.15) is 28.5 Å². The van der Waals surface area contributed by atoms with Gasteiger partial charge in [0.2, 0.25) is 0 Å². The maximum Gasteiger partial charge on any atom is 0.339 e. The number of nitrogens with two attached hydrogens (primary N) is 1. The van der Waals surface area contributed by atoms with Gasteiger partial charge in [-0.05, 0) is 31.2 Å². The normalized spacial score (nSPS) is 12.9. The molecule has 1 unspecified atom stereocenters. The topological polar surface area (TPSA) is 99.7 Å². The van der Waals surface area contributed by atoms with Gasteiger partial charge in [0.05, 0.1) is 10.6 Å². The summed E-state index contributed by atoms with van der Waals surface area (Å²) in [5.74, 6) is 5.54. The van der Waals surface area contributed by atoms with E-state index in [4.69, 9.17) is 5.73 Å². The number of rotatable bonds is 3. The Kier molecular flexibility index (Phi) is 5.12. The molecule has 2 aromatic rings. The lowest BCUT2D eigenvalue weighted by atomic mass is 10.2. The van der Waals surface area contributed by atoms with Crippen LogP contribution in [0.3, 0.4) is 0 Å². The Morgan fingerprint density at radius 1 is 1.41 bits per heavy atom. The molecule has 114 valence electrons. The highest BCUT2D eigenvalue weighted by molar-refractivity contribution is 7.12. The third-order valence-electron chi connectivity index (χ3n) is 2.86. The van der Waals surface area contributed by atoms with Crippen LogP contribution >= 0.6 is 11.3 Å². The zero-order valence-electron chi connectivity index (χ0n) is 11.8. The molecular formula is C15H15N3O3S. The van der Waals surface area contributed by atoms with Gasteiger partial charge in [0.15, 0.2) is 0 Å². The first kappa shape index (κ1) is 16.0. The number of aliphatic hydroxyl groups is 1. The molecule has 2 atom stereocenters. The first-order chi connectivity index (χ1) is 10.5. The standard InChI is InChI=1S/C15H15N3O3S/c1-10(18(21)15(16)20)5-6-11-7-8-13(22-11)14(19)12-4-2-3-9-17-12/h2-4,7-10,14,19,21H,1H3,(H2,16,20)/t10-,14?/m1/s1. The van der Waals surface area contributed by atoms with Gasteiger partial charge in [-0.15, -0.1) is 11.3 Å². The maximum absolute atomic E-state index is 10.8. The number of urea groups is 1. The third-order valence-corrected chi connectivity index (χ3v) is 3.91. The quantitative estimate of drug-likeness (QED) is 0.456. The van der Waals surface area contributed by atoms with Crippen molar-refractivity contribution in [2.75, 3.05) is 0 Å². The molecule has 0 aliphatic rings. The van der Waals surface area contributed by atoms with Crippen LogP contribution in [0.4, 0.5) is 4.79 Å². The Bertz CT molecular complexity index is 706. The number of primary amides is 1. The van der Waals surface area contributed by atoms with Crippen LogP contribution in [0.15, 0.2) is 36.5 Å². The summed E-state index contributed by atoms with van der Waals surface area (Å²) in [4.78, 5) is 16.3.